The molecule has 3 aromatic rings. The fourth-order valence-corrected chi connectivity index (χ4v) is 3.94. The number of carbonyl (C=O) groups is 2. The summed E-state index contributed by atoms with van der Waals surface area (Å²) < 4.78 is 32.8. The van der Waals surface area contributed by atoms with E-state index in [4.69, 9.17) is 4.74 Å². The molecule has 3 rings (SSSR count). The molecular weight excluding hydrogens is 444 g/mol. The number of anilines is 1. The lowest BCUT2D eigenvalue weighted by Gasteiger charge is -2.06. The number of hydrogen-bond acceptors (Lipinski definition) is 6. The van der Waals surface area contributed by atoms with Crippen molar-refractivity contribution >= 4 is 33.7 Å². The number of esters is 1. The summed E-state index contributed by atoms with van der Waals surface area (Å²) in [5, 5.41) is 6.96. The normalized spacial score (nSPS) is 11.5. The minimum absolute atomic E-state index is 0.160. The van der Waals surface area contributed by atoms with Crippen LogP contribution in [0.1, 0.15) is 29.9 Å². The summed E-state index contributed by atoms with van der Waals surface area (Å²) in [6, 6.07) is 14.7. The molecule has 0 radical (unpaired) electrons. The van der Waals surface area contributed by atoms with Crippen LogP contribution in [0, 0.1) is 0 Å². The van der Waals surface area contributed by atoms with Crippen molar-refractivity contribution < 1.29 is 22.7 Å². The van der Waals surface area contributed by atoms with E-state index < -0.39 is 16.0 Å². The van der Waals surface area contributed by atoms with Crippen LogP contribution < -0.4 is 10.0 Å². The summed E-state index contributed by atoms with van der Waals surface area (Å²) in [4.78, 5) is 24.3. The van der Waals surface area contributed by atoms with Crippen molar-refractivity contribution in [2.75, 3.05) is 18.5 Å². The smallest absolute Gasteiger partial charge is 0.358 e. The van der Waals surface area contributed by atoms with Crippen molar-refractivity contribution in [3.05, 3.63) is 78.1 Å². The molecule has 0 atom stereocenters. The molecule has 10 heteroatoms. The lowest BCUT2D eigenvalue weighted by Crippen LogP contribution is -2.22. The van der Waals surface area contributed by atoms with E-state index in [9.17, 15) is 18.0 Å². The number of amides is 1. The Kier molecular flexibility index (Phi) is 7.75. The Bertz CT molecular complexity index is 1260. The van der Waals surface area contributed by atoms with Gasteiger partial charge in [0.2, 0.25) is 15.9 Å². The van der Waals surface area contributed by atoms with E-state index in [-0.39, 0.29) is 23.1 Å². The van der Waals surface area contributed by atoms with Gasteiger partial charge in [0.05, 0.1) is 17.2 Å². The Hall–Kier alpha value is -3.76. The Morgan fingerprint density at radius 2 is 1.85 bits per heavy atom. The fraction of sp³-hybridized carbons (Fsp3) is 0.174. The molecule has 1 amide bonds. The van der Waals surface area contributed by atoms with Gasteiger partial charge < -0.3 is 10.1 Å². The number of ether oxygens (including phenoxy) is 1. The molecule has 0 aliphatic heterocycles. The first-order valence-electron chi connectivity index (χ1n) is 10.2. The van der Waals surface area contributed by atoms with Crippen LogP contribution in [0.4, 0.5) is 5.69 Å². The summed E-state index contributed by atoms with van der Waals surface area (Å²) in [5.74, 6) is -0.859. The predicted molar refractivity (Wildman–Crippen MR) is 124 cm³/mol. The molecule has 0 bridgehead atoms. The fourth-order valence-electron chi connectivity index (χ4n) is 2.90. The summed E-state index contributed by atoms with van der Waals surface area (Å²) in [7, 11) is -3.52. The van der Waals surface area contributed by atoms with Crippen LogP contribution in [0.25, 0.3) is 11.8 Å². The number of benzene rings is 2. The third kappa shape index (κ3) is 6.37. The molecule has 172 valence electrons. The summed E-state index contributed by atoms with van der Waals surface area (Å²) >= 11 is 0. The van der Waals surface area contributed by atoms with Crippen molar-refractivity contribution in [3.8, 4) is 5.69 Å². The average Bonchev–Trinajstić information content (AvgIpc) is 3.29. The number of carbonyl (C=O) groups excluding carboxylic acids is 2. The first-order chi connectivity index (χ1) is 15.8. The van der Waals surface area contributed by atoms with E-state index in [2.05, 4.69) is 15.1 Å². The lowest BCUT2D eigenvalue weighted by atomic mass is 10.2. The van der Waals surface area contributed by atoms with Gasteiger partial charge in [-0.15, -0.1) is 0 Å². The van der Waals surface area contributed by atoms with E-state index in [1.165, 1.54) is 22.9 Å². The number of rotatable bonds is 9. The van der Waals surface area contributed by atoms with E-state index in [1.54, 1.807) is 68.6 Å². The summed E-state index contributed by atoms with van der Waals surface area (Å²) in [6.45, 7) is 4.00. The number of sulfonamides is 1. The molecule has 0 unspecified atom stereocenters. The molecule has 2 N–H and O–H groups in total. The second-order valence-electron chi connectivity index (χ2n) is 6.81. The molecule has 2 aromatic carbocycles. The Labute approximate surface area is 192 Å². The maximum atomic E-state index is 12.3. The zero-order valence-electron chi connectivity index (χ0n) is 18.2. The van der Waals surface area contributed by atoms with Gasteiger partial charge in [-0.25, -0.2) is 22.6 Å². The van der Waals surface area contributed by atoms with Crippen LogP contribution in [0.2, 0.25) is 0 Å². The SMILES string of the molecule is CCNS(=O)(=O)c1ccc(C=CC(=O)Nc2cccc(-n3ccc(C(=O)OCC)n3)c2)cc1. The van der Waals surface area contributed by atoms with Crippen molar-refractivity contribution in [2.24, 2.45) is 0 Å². The molecule has 0 saturated heterocycles. The number of aromatic nitrogens is 2. The number of nitrogens with zero attached hydrogens (tertiary/aromatic N) is 2. The van der Waals surface area contributed by atoms with Gasteiger partial charge in [0.1, 0.15) is 0 Å². The summed E-state index contributed by atoms with van der Waals surface area (Å²) in [5.41, 5.74) is 2.07. The number of hydrogen-bond donors (Lipinski definition) is 2. The van der Waals surface area contributed by atoms with Crippen LogP contribution in [0.15, 0.2) is 71.8 Å². The van der Waals surface area contributed by atoms with Gasteiger partial charge in [-0.05, 0) is 55.0 Å². The average molecular weight is 469 g/mol. The van der Waals surface area contributed by atoms with Gasteiger partial charge in [-0.2, -0.15) is 5.10 Å². The third-order valence-electron chi connectivity index (χ3n) is 4.40. The van der Waals surface area contributed by atoms with Gasteiger partial charge in [0.15, 0.2) is 5.69 Å². The van der Waals surface area contributed by atoms with E-state index in [1.807, 2.05) is 0 Å². The topological polar surface area (TPSA) is 119 Å². The molecule has 1 aromatic heterocycles. The van der Waals surface area contributed by atoms with Crippen molar-refractivity contribution in [3.63, 3.8) is 0 Å². The van der Waals surface area contributed by atoms with Crippen LogP contribution in [-0.4, -0.2) is 43.2 Å². The molecule has 1 heterocycles. The molecule has 0 aliphatic rings. The molecule has 0 aliphatic carbocycles. The third-order valence-corrected chi connectivity index (χ3v) is 5.97. The van der Waals surface area contributed by atoms with Crippen molar-refractivity contribution in [2.45, 2.75) is 18.7 Å². The van der Waals surface area contributed by atoms with E-state index in [0.29, 0.717) is 23.5 Å². The minimum atomic E-state index is -3.52. The van der Waals surface area contributed by atoms with Gasteiger partial charge in [-0.1, -0.05) is 25.1 Å². The highest BCUT2D eigenvalue weighted by molar-refractivity contribution is 7.89. The maximum absolute atomic E-state index is 12.3. The Morgan fingerprint density at radius 3 is 2.55 bits per heavy atom. The zero-order chi connectivity index (χ0) is 23.8. The quantitative estimate of drug-likeness (QED) is 0.368. The standard InChI is InChI=1S/C23H24N4O5S/c1-3-24-33(30,31)20-11-8-17(9-12-20)10-13-22(28)25-18-6-5-7-19(16-18)27-15-14-21(26-27)23(29)32-4-2/h5-16,24H,3-4H2,1-2H3,(H,25,28). The zero-order valence-corrected chi connectivity index (χ0v) is 19.0. The predicted octanol–water partition coefficient (Wildman–Crippen LogP) is 3.00. The minimum Gasteiger partial charge on any atom is -0.461 e. The molecule has 9 nitrogen and oxygen atoms in total. The number of nitrogens with one attached hydrogen (secondary N) is 2. The second kappa shape index (κ2) is 10.7. The van der Waals surface area contributed by atoms with E-state index >= 15 is 0 Å². The Morgan fingerprint density at radius 1 is 1.09 bits per heavy atom. The summed E-state index contributed by atoms with van der Waals surface area (Å²) in [6.07, 6.45) is 4.57. The van der Waals surface area contributed by atoms with Crippen LogP contribution >= 0.6 is 0 Å². The van der Waals surface area contributed by atoms with Gasteiger partial charge in [0, 0.05) is 24.5 Å². The Balaban J connectivity index is 1.65. The highest BCUT2D eigenvalue weighted by Gasteiger charge is 2.12. The maximum Gasteiger partial charge on any atom is 0.358 e. The highest BCUT2D eigenvalue weighted by atomic mass is 32.2. The van der Waals surface area contributed by atoms with Crippen molar-refractivity contribution in [1.82, 2.24) is 14.5 Å². The van der Waals surface area contributed by atoms with Crippen LogP contribution in [0.3, 0.4) is 0 Å². The molecule has 0 spiro atoms. The lowest BCUT2D eigenvalue weighted by molar-refractivity contribution is -0.111. The van der Waals surface area contributed by atoms with E-state index in [0.717, 1.165) is 0 Å². The molecular formula is C23H24N4O5S. The monoisotopic (exact) mass is 468 g/mol. The molecule has 33 heavy (non-hydrogen) atoms. The first-order valence-corrected chi connectivity index (χ1v) is 11.7. The van der Waals surface area contributed by atoms with Gasteiger partial charge in [-0.3, -0.25) is 4.79 Å². The van der Waals surface area contributed by atoms with Crippen LogP contribution in [0.5, 0.6) is 0 Å². The van der Waals surface area contributed by atoms with Gasteiger partial charge >= 0.3 is 5.97 Å². The van der Waals surface area contributed by atoms with Crippen LogP contribution in [-0.2, 0) is 19.6 Å². The molecule has 0 saturated carbocycles. The van der Waals surface area contributed by atoms with Gasteiger partial charge in [0.25, 0.3) is 0 Å². The largest absolute Gasteiger partial charge is 0.461 e. The highest BCUT2D eigenvalue weighted by Crippen LogP contribution is 2.16. The second-order valence-corrected chi connectivity index (χ2v) is 8.58. The van der Waals surface area contributed by atoms with Crippen molar-refractivity contribution in [1.29, 1.82) is 0 Å². The molecule has 0 fully saturated rings. The first kappa shape index (κ1) is 23.9.